The Bertz CT molecular complexity index is 216. The van der Waals surface area contributed by atoms with Gasteiger partial charge in [-0.15, -0.1) is 0 Å². The molecular weight excluding hydrogens is 150 g/mol. The Hall–Kier alpha value is -0.400. The molecule has 0 heterocycles. The molecule has 0 aromatic carbocycles. The summed E-state index contributed by atoms with van der Waals surface area (Å²) in [5.41, 5.74) is 0.745. The van der Waals surface area contributed by atoms with Gasteiger partial charge in [0.15, 0.2) is 0 Å². The van der Waals surface area contributed by atoms with Crippen LogP contribution in [-0.2, 0) is 0 Å². The van der Waals surface area contributed by atoms with Crippen molar-refractivity contribution in [3.8, 4) is 0 Å². The minimum Gasteiger partial charge on any atom is -0.151 e. The maximum Gasteiger partial charge on any atom is 0.0839 e. The van der Waals surface area contributed by atoms with Crippen LogP contribution in [0.3, 0.4) is 0 Å². The van der Waals surface area contributed by atoms with Crippen molar-refractivity contribution in [2.75, 3.05) is 6.54 Å². The van der Waals surface area contributed by atoms with Gasteiger partial charge in [-0.3, -0.25) is 0 Å². The van der Waals surface area contributed by atoms with Crippen molar-refractivity contribution < 1.29 is 0 Å². The first-order chi connectivity index (χ1) is 5.87. The number of hydrogen-bond donors (Lipinski definition) is 0. The Labute approximate surface area is 72.7 Å². The van der Waals surface area contributed by atoms with Crippen molar-refractivity contribution in [3.05, 3.63) is 4.91 Å². The molecule has 0 bridgehead atoms. The lowest BCUT2D eigenvalue weighted by Gasteiger charge is -2.05. The molecule has 3 rings (SSSR count). The third-order valence-electron chi connectivity index (χ3n) is 4.66. The molecule has 3 aliphatic carbocycles. The Morgan fingerprint density at radius 1 is 1.25 bits per heavy atom. The SMILES string of the molecule is O=NCC1CCC2(C1)C1CCC12. The highest BCUT2D eigenvalue weighted by Gasteiger charge is 2.70. The predicted octanol–water partition coefficient (Wildman–Crippen LogP) is 2.58. The molecule has 3 saturated carbocycles. The van der Waals surface area contributed by atoms with Gasteiger partial charge in [-0.2, -0.15) is 4.91 Å². The van der Waals surface area contributed by atoms with Gasteiger partial charge >= 0.3 is 0 Å². The fourth-order valence-corrected chi connectivity index (χ4v) is 3.89. The third-order valence-corrected chi connectivity index (χ3v) is 4.66. The second kappa shape index (κ2) is 2.09. The fraction of sp³-hybridized carbons (Fsp3) is 1.00. The number of rotatable bonds is 2. The molecule has 0 aliphatic heterocycles. The summed E-state index contributed by atoms with van der Waals surface area (Å²) in [6.45, 7) is 0.585. The second-order valence-electron chi connectivity index (χ2n) is 4.94. The first-order valence-electron chi connectivity index (χ1n) is 5.16. The lowest BCUT2D eigenvalue weighted by Crippen LogP contribution is -2.01. The summed E-state index contributed by atoms with van der Waals surface area (Å²) in [4.78, 5) is 10.1. The van der Waals surface area contributed by atoms with Gasteiger partial charge in [-0.25, -0.2) is 0 Å². The molecule has 0 radical (unpaired) electrons. The van der Waals surface area contributed by atoms with Gasteiger partial charge in [-0.05, 0) is 55.3 Å². The quantitative estimate of drug-likeness (QED) is 0.578. The molecule has 1 spiro atoms. The van der Waals surface area contributed by atoms with E-state index in [2.05, 4.69) is 5.18 Å². The molecule has 0 aromatic heterocycles. The van der Waals surface area contributed by atoms with Crippen molar-refractivity contribution in [1.82, 2.24) is 0 Å². The maximum absolute atomic E-state index is 10.1. The summed E-state index contributed by atoms with van der Waals surface area (Å²) in [5, 5.41) is 3.03. The molecule has 3 atom stereocenters. The van der Waals surface area contributed by atoms with Crippen LogP contribution in [0.1, 0.15) is 32.1 Å². The maximum atomic E-state index is 10.1. The van der Waals surface area contributed by atoms with Crippen molar-refractivity contribution >= 4 is 0 Å². The van der Waals surface area contributed by atoms with E-state index in [-0.39, 0.29) is 0 Å². The van der Waals surface area contributed by atoms with Crippen LogP contribution in [0.25, 0.3) is 0 Å². The van der Waals surface area contributed by atoms with Crippen molar-refractivity contribution in [3.63, 3.8) is 0 Å². The summed E-state index contributed by atoms with van der Waals surface area (Å²) in [5.74, 6) is 2.80. The standard InChI is InChI=1S/C10H15NO/c12-11-6-7-3-4-10(5-7)8-1-2-9(8)10/h7-9H,1-6H2. The lowest BCUT2D eigenvalue weighted by atomic mass is 10.0. The van der Waals surface area contributed by atoms with Crippen LogP contribution in [0.2, 0.25) is 0 Å². The van der Waals surface area contributed by atoms with Crippen LogP contribution in [-0.4, -0.2) is 6.54 Å². The molecule has 0 saturated heterocycles. The summed E-state index contributed by atoms with van der Waals surface area (Å²) in [6, 6.07) is 0. The molecule has 2 heteroatoms. The van der Waals surface area contributed by atoms with Gasteiger partial charge in [0.2, 0.25) is 0 Å². The summed E-state index contributed by atoms with van der Waals surface area (Å²) >= 11 is 0. The summed E-state index contributed by atoms with van der Waals surface area (Å²) in [7, 11) is 0. The van der Waals surface area contributed by atoms with E-state index in [0.29, 0.717) is 12.5 Å². The Kier molecular flexibility index (Phi) is 1.23. The van der Waals surface area contributed by atoms with Crippen molar-refractivity contribution in [1.29, 1.82) is 0 Å². The van der Waals surface area contributed by atoms with Gasteiger partial charge in [-0.1, -0.05) is 5.18 Å². The molecule has 3 fully saturated rings. The first kappa shape index (κ1) is 7.05. The first-order valence-corrected chi connectivity index (χ1v) is 5.16. The predicted molar refractivity (Wildman–Crippen MR) is 46.7 cm³/mol. The fourth-order valence-electron chi connectivity index (χ4n) is 3.89. The molecule has 0 aromatic rings. The smallest absolute Gasteiger partial charge is 0.0839 e. The second-order valence-corrected chi connectivity index (χ2v) is 4.94. The van der Waals surface area contributed by atoms with E-state index in [0.717, 1.165) is 17.3 Å². The zero-order valence-electron chi connectivity index (χ0n) is 7.33. The van der Waals surface area contributed by atoms with Crippen LogP contribution in [0.15, 0.2) is 5.18 Å². The summed E-state index contributed by atoms with van der Waals surface area (Å²) in [6.07, 6.45) is 6.97. The Morgan fingerprint density at radius 3 is 2.58 bits per heavy atom. The van der Waals surface area contributed by atoms with E-state index >= 15 is 0 Å². The van der Waals surface area contributed by atoms with Crippen LogP contribution in [0, 0.1) is 28.1 Å². The van der Waals surface area contributed by atoms with Crippen molar-refractivity contribution in [2.24, 2.45) is 28.3 Å². The van der Waals surface area contributed by atoms with Crippen LogP contribution < -0.4 is 0 Å². The van der Waals surface area contributed by atoms with Gasteiger partial charge in [0.25, 0.3) is 0 Å². The van der Waals surface area contributed by atoms with E-state index in [1.165, 1.54) is 32.1 Å². The van der Waals surface area contributed by atoms with Crippen LogP contribution in [0.5, 0.6) is 0 Å². The number of hydrogen-bond acceptors (Lipinski definition) is 2. The van der Waals surface area contributed by atoms with E-state index in [4.69, 9.17) is 0 Å². The van der Waals surface area contributed by atoms with E-state index in [9.17, 15) is 4.91 Å². The van der Waals surface area contributed by atoms with Gasteiger partial charge in [0.05, 0.1) is 6.54 Å². The lowest BCUT2D eigenvalue weighted by molar-refractivity contribution is 0.449. The Morgan fingerprint density at radius 2 is 2.00 bits per heavy atom. The molecule has 2 nitrogen and oxygen atoms in total. The molecule has 3 aliphatic rings. The number of fused-ring (bicyclic) bond motifs is 3. The average Bonchev–Trinajstić information content (AvgIpc) is 2.33. The molecule has 3 unspecified atom stereocenters. The van der Waals surface area contributed by atoms with Gasteiger partial charge in [0, 0.05) is 0 Å². The normalized spacial score (nSPS) is 54.8. The highest BCUT2D eigenvalue weighted by Crippen LogP contribution is 2.77. The average molecular weight is 165 g/mol. The van der Waals surface area contributed by atoms with Crippen LogP contribution in [0.4, 0.5) is 0 Å². The Balaban J connectivity index is 1.67. The highest BCUT2D eigenvalue weighted by molar-refractivity contribution is 5.18. The van der Waals surface area contributed by atoms with E-state index < -0.39 is 0 Å². The molecule has 12 heavy (non-hydrogen) atoms. The number of nitroso groups, excluding NO2 is 1. The monoisotopic (exact) mass is 165 g/mol. The highest BCUT2D eigenvalue weighted by atomic mass is 16.3. The zero-order valence-corrected chi connectivity index (χ0v) is 7.33. The molecule has 0 amide bonds. The van der Waals surface area contributed by atoms with Gasteiger partial charge < -0.3 is 0 Å². The van der Waals surface area contributed by atoms with E-state index in [1.54, 1.807) is 0 Å². The third kappa shape index (κ3) is 0.668. The minimum atomic E-state index is 0.585. The minimum absolute atomic E-state index is 0.585. The molecule has 0 N–H and O–H groups in total. The van der Waals surface area contributed by atoms with Crippen LogP contribution >= 0.6 is 0 Å². The topological polar surface area (TPSA) is 29.4 Å². The molecule has 66 valence electrons. The van der Waals surface area contributed by atoms with E-state index in [1.807, 2.05) is 0 Å². The largest absolute Gasteiger partial charge is 0.151 e. The zero-order chi connectivity index (χ0) is 8.18. The number of nitrogens with zero attached hydrogens (tertiary/aromatic N) is 1. The van der Waals surface area contributed by atoms with Gasteiger partial charge in [0.1, 0.15) is 0 Å². The van der Waals surface area contributed by atoms with Crippen molar-refractivity contribution in [2.45, 2.75) is 32.1 Å². The molecular formula is C10H15NO. The summed E-state index contributed by atoms with van der Waals surface area (Å²) < 4.78 is 0.